The van der Waals surface area contributed by atoms with E-state index >= 15 is 0 Å². The molecule has 0 radical (unpaired) electrons. The van der Waals surface area contributed by atoms with Crippen LogP contribution in [-0.4, -0.2) is 35.0 Å². The Labute approximate surface area is 118 Å². The van der Waals surface area contributed by atoms with E-state index in [0.717, 1.165) is 0 Å². The summed E-state index contributed by atoms with van der Waals surface area (Å²) in [5, 5.41) is 9.45. The number of hydrogen-bond donors (Lipinski definition) is 1. The average molecular weight is 333 g/mol. The Morgan fingerprint density at radius 1 is 1.44 bits per heavy atom. The third-order valence-corrected chi connectivity index (χ3v) is 3.88. The van der Waals surface area contributed by atoms with Crippen LogP contribution in [0.15, 0.2) is 22.7 Å². The smallest absolute Gasteiger partial charge is 0.308 e. The normalized spacial score (nSPS) is 19.0. The first-order valence-corrected chi connectivity index (χ1v) is 6.63. The molecule has 1 aromatic rings. The monoisotopic (exact) mass is 331 g/mol. The lowest BCUT2D eigenvalue weighted by molar-refractivity contribution is -0.141. The van der Waals surface area contributed by atoms with Crippen molar-refractivity contribution in [3.05, 3.63) is 33.3 Å². The van der Waals surface area contributed by atoms with E-state index in [1.165, 1.54) is 0 Å². The van der Waals surface area contributed by atoms with Gasteiger partial charge in [0.1, 0.15) is 0 Å². The minimum absolute atomic E-state index is 0.165. The first kappa shape index (κ1) is 13.4. The molecular weight excluding hydrogens is 321 g/mol. The maximum atomic E-state index is 12.2. The van der Waals surface area contributed by atoms with Crippen molar-refractivity contribution in [2.75, 3.05) is 13.1 Å². The summed E-state index contributed by atoms with van der Waals surface area (Å²) >= 11 is 9.10. The maximum Gasteiger partial charge on any atom is 0.308 e. The van der Waals surface area contributed by atoms with Crippen LogP contribution in [0.25, 0.3) is 0 Å². The summed E-state index contributed by atoms with van der Waals surface area (Å²) in [7, 11) is 0. The summed E-state index contributed by atoms with van der Waals surface area (Å²) in [6.07, 6.45) is 0.506. The van der Waals surface area contributed by atoms with Gasteiger partial charge in [0.15, 0.2) is 0 Å². The van der Waals surface area contributed by atoms with Crippen LogP contribution < -0.4 is 0 Å². The van der Waals surface area contributed by atoms with Crippen LogP contribution in [0.5, 0.6) is 0 Å². The minimum Gasteiger partial charge on any atom is -0.481 e. The number of carbonyl (C=O) groups excluding carboxylic acids is 1. The van der Waals surface area contributed by atoms with Gasteiger partial charge in [-0.25, -0.2) is 0 Å². The van der Waals surface area contributed by atoms with Gasteiger partial charge in [-0.1, -0.05) is 11.6 Å². The molecule has 2 rings (SSSR count). The lowest BCUT2D eigenvalue weighted by Gasteiger charge is -2.16. The Morgan fingerprint density at radius 3 is 2.72 bits per heavy atom. The molecule has 6 heteroatoms. The number of halogens is 2. The lowest BCUT2D eigenvalue weighted by Crippen LogP contribution is -2.30. The van der Waals surface area contributed by atoms with Crippen molar-refractivity contribution in [2.24, 2.45) is 5.92 Å². The average Bonchev–Trinajstić information content (AvgIpc) is 2.77. The largest absolute Gasteiger partial charge is 0.481 e. The highest BCUT2D eigenvalue weighted by molar-refractivity contribution is 9.10. The number of carboxylic acids is 1. The summed E-state index contributed by atoms with van der Waals surface area (Å²) in [5.41, 5.74) is 0.505. The topological polar surface area (TPSA) is 57.6 Å². The van der Waals surface area contributed by atoms with Gasteiger partial charge in [-0.05, 0) is 40.5 Å². The second-order valence-electron chi connectivity index (χ2n) is 4.20. The highest BCUT2D eigenvalue weighted by Crippen LogP contribution is 2.25. The van der Waals surface area contributed by atoms with Crippen molar-refractivity contribution < 1.29 is 14.7 Å². The zero-order valence-electron chi connectivity index (χ0n) is 9.40. The Morgan fingerprint density at radius 2 is 2.17 bits per heavy atom. The van der Waals surface area contributed by atoms with Crippen molar-refractivity contribution >= 4 is 39.4 Å². The molecule has 0 aliphatic carbocycles. The lowest BCUT2D eigenvalue weighted by atomic mass is 10.1. The fraction of sp³-hybridized carbons (Fsp3) is 0.333. The van der Waals surface area contributed by atoms with E-state index in [1.807, 2.05) is 0 Å². The van der Waals surface area contributed by atoms with Gasteiger partial charge in [0, 0.05) is 22.6 Å². The van der Waals surface area contributed by atoms with Gasteiger partial charge < -0.3 is 10.0 Å². The molecule has 0 aromatic heterocycles. The van der Waals surface area contributed by atoms with Gasteiger partial charge in [-0.15, -0.1) is 0 Å². The highest BCUT2D eigenvalue weighted by Gasteiger charge is 2.31. The third kappa shape index (κ3) is 2.67. The number of nitrogens with zero attached hydrogens (tertiary/aromatic N) is 1. The number of amides is 1. The Balaban J connectivity index is 2.15. The number of rotatable bonds is 2. The van der Waals surface area contributed by atoms with Crippen LogP contribution in [0.1, 0.15) is 16.8 Å². The van der Waals surface area contributed by atoms with Crippen molar-refractivity contribution in [3.63, 3.8) is 0 Å². The fourth-order valence-electron chi connectivity index (χ4n) is 1.98. The van der Waals surface area contributed by atoms with E-state index in [2.05, 4.69) is 15.9 Å². The van der Waals surface area contributed by atoms with Crippen LogP contribution >= 0.6 is 27.5 Å². The molecule has 1 heterocycles. The number of carboxylic acid groups (broad SMARTS) is 1. The second-order valence-corrected chi connectivity index (χ2v) is 5.49. The molecule has 18 heavy (non-hydrogen) atoms. The molecule has 1 aliphatic rings. The van der Waals surface area contributed by atoms with Gasteiger partial charge in [-0.2, -0.15) is 0 Å². The molecule has 1 fully saturated rings. The van der Waals surface area contributed by atoms with Crippen LogP contribution in [0, 0.1) is 5.92 Å². The molecular formula is C12H11BrClNO3. The van der Waals surface area contributed by atoms with E-state index in [0.29, 0.717) is 28.0 Å². The molecule has 0 bridgehead atoms. The molecule has 0 saturated carbocycles. The van der Waals surface area contributed by atoms with Gasteiger partial charge in [0.2, 0.25) is 0 Å². The van der Waals surface area contributed by atoms with Gasteiger partial charge in [0.05, 0.1) is 11.5 Å². The summed E-state index contributed by atoms with van der Waals surface area (Å²) < 4.78 is 0.624. The second kappa shape index (κ2) is 5.28. The number of aliphatic carboxylic acids is 1. The Kier molecular flexibility index (Phi) is 3.92. The van der Waals surface area contributed by atoms with Gasteiger partial charge in [-0.3, -0.25) is 9.59 Å². The van der Waals surface area contributed by atoms with Crippen LogP contribution in [0.4, 0.5) is 0 Å². The molecule has 1 saturated heterocycles. The zero-order chi connectivity index (χ0) is 13.3. The first-order chi connectivity index (χ1) is 8.49. The molecule has 1 atom stereocenters. The predicted octanol–water partition coefficient (Wildman–Crippen LogP) is 2.65. The van der Waals surface area contributed by atoms with Crippen molar-refractivity contribution in [1.82, 2.24) is 4.90 Å². The van der Waals surface area contributed by atoms with Crippen molar-refractivity contribution in [3.8, 4) is 0 Å². The maximum absolute atomic E-state index is 12.2. The molecule has 1 amide bonds. The molecule has 1 N–H and O–H groups in total. The predicted molar refractivity (Wildman–Crippen MR) is 70.8 cm³/mol. The quantitative estimate of drug-likeness (QED) is 0.906. The molecule has 1 unspecified atom stereocenters. The summed E-state index contributed by atoms with van der Waals surface area (Å²) in [6, 6.07) is 4.94. The zero-order valence-corrected chi connectivity index (χ0v) is 11.7. The van der Waals surface area contributed by atoms with E-state index in [1.54, 1.807) is 23.1 Å². The number of carbonyl (C=O) groups is 2. The van der Waals surface area contributed by atoms with E-state index in [4.69, 9.17) is 16.7 Å². The minimum atomic E-state index is -0.847. The molecule has 4 nitrogen and oxygen atoms in total. The third-order valence-electron chi connectivity index (χ3n) is 2.99. The van der Waals surface area contributed by atoms with Crippen molar-refractivity contribution in [1.29, 1.82) is 0 Å². The van der Waals surface area contributed by atoms with E-state index < -0.39 is 11.9 Å². The highest BCUT2D eigenvalue weighted by atomic mass is 79.9. The Bertz CT molecular complexity index is 506. The van der Waals surface area contributed by atoms with Crippen LogP contribution in [0.3, 0.4) is 0 Å². The first-order valence-electron chi connectivity index (χ1n) is 5.46. The van der Waals surface area contributed by atoms with E-state index in [-0.39, 0.29) is 12.5 Å². The number of likely N-dealkylation sites (tertiary alicyclic amines) is 1. The molecule has 96 valence electrons. The number of benzene rings is 1. The van der Waals surface area contributed by atoms with E-state index in [9.17, 15) is 9.59 Å². The van der Waals surface area contributed by atoms with Crippen molar-refractivity contribution in [2.45, 2.75) is 6.42 Å². The van der Waals surface area contributed by atoms with Gasteiger partial charge in [0.25, 0.3) is 5.91 Å². The standard InChI is InChI=1S/C12H11BrClNO3/c13-10-5-8(14)1-2-9(10)11(16)15-4-3-7(6-15)12(17)18/h1-2,5,7H,3-4,6H2,(H,17,18). The van der Waals surface area contributed by atoms with Crippen LogP contribution in [0.2, 0.25) is 5.02 Å². The molecule has 1 aliphatic heterocycles. The van der Waals surface area contributed by atoms with Gasteiger partial charge >= 0.3 is 5.97 Å². The molecule has 1 aromatic carbocycles. The van der Waals surface area contributed by atoms with Crippen LogP contribution in [-0.2, 0) is 4.79 Å². The number of hydrogen-bond acceptors (Lipinski definition) is 2. The fourth-order valence-corrected chi connectivity index (χ4v) is 2.83. The Hall–Kier alpha value is -1.07. The summed E-state index contributed by atoms with van der Waals surface area (Å²) in [6.45, 7) is 0.744. The summed E-state index contributed by atoms with van der Waals surface area (Å²) in [5.74, 6) is -1.47. The summed E-state index contributed by atoms with van der Waals surface area (Å²) in [4.78, 5) is 24.6. The SMILES string of the molecule is O=C(O)C1CCN(C(=O)c2ccc(Cl)cc2Br)C1. The molecule has 0 spiro atoms.